The van der Waals surface area contributed by atoms with E-state index in [1.54, 1.807) is 29.2 Å². The van der Waals surface area contributed by atoms with Crippen LogP contribution in [-0.4, -0.2) is 36.5 Å². The van der Waals surface area contributed by atoms with Gasteiger partial charge < -0.3 is 10.2 Å². The van der Waals surface area contributed by atoms with E-state index in [9.17, 15) is 9.59 Å². The summed E-state index contributed by atoms with van der Waals surface area (Å²) in [7, 11) is 0. The van der Waals surface area contributed by atoms with Crippen molar-refractivity contribution in [2.45, 2.75) is 6.92 Å². The molecule has 1 fully saturated rings. The minimum atomic E-state index is -0.283. The average molecular weight is 334 g/mol. The average Bonchev–Trinajstić information content (AvgIpc) is 2.96. The van der Waals surface area contributed by atoms with Crippen LogP contribution >= 0.6 is 0 Å². The van der Waals surface area contributed by atoms with Gasteiger partial charge in [-0.1, -0.05) is 23.8 Å². The van der Waals surface area contributed by atoms with Gasteiger partial charge in [0.2, 0.25) is 5.91 Å². The highest BCUT2D eigenvalue weighted by Gasteiger charge is 2.30. The lowest BCUT2D eigenvalue weighted by Crippen LogP contribution is -2.37. The Morgan fingerprint density at radius 1 is 1.20 bits per heavy atom. The molecule has 0 saturated carbocycles. The Balaban J connectivity index is 1.61. The molecule has 1 heterocycles. The maximum Gasteiger partial charge on any atom is 0.325 e. The number of anilines is 2. The van der Waals surface area contributed by atoms with Gasteiger partial charge in [-0.25, -0.2) is 4.79 Å². The van der Waals surface area contributed by atoms with Crippen molar-refractivity contribution in [3.05, 3.63) is 59.7 Å². The first-order chi connectivity index (χ1) is 12.1. The van der Waals surface area contributed by atoms with E-state index in [1.165, 1.54) is 4.90 Å². The Morgan fingerprint density at radius 2 is 1.96 bits per heavy atom. The molecule has 0 bridgehead atoms. The summed E-state index contributed by atoms with van der Waals surface area (Å²) >= 11 is 0. The molecule has 0 unspecified atom stereocenters. The zero-order valence-electron chi connectivity index (χ0n) is 13.9. The number of carbonyl (C=O) groups excluding carboxylic acids is 2. The Hall–Kier alpha value is -3.33. The van der Waals surface area contributed by atoms with Gasteiger partial charge in [0, 0.05) is 24.5 Å². The fraction of sp³-hybridized carbons (Fsp3) is 0.211. The number of rotatable bonds is 4. The smallest absolute Gasteiger partial charge is 0.325 e. The monoisotopic (exact) mass is 334 g/mol. The van der Waals surface area contributed by atoms with Gasteiger partial charge in [0.05, 0.1) is 11.6 Å². The largest absolute Gasteiger partial charge is 0.325 e. The molecular weight excluding hydrogens is 316 g/mol. The van der Waals surface area contributed by atoms with Crippen molar-refractivity contribution in [1.29, 1.82) is 5.26 Å². The number of amides is 3. The van der Waals surface area contributed by atoms with Crippen molar-refractivity contribution >= 4 is 23.3 Å². The van der Waals surface area contributed by atoms with E-state index >= 15 is 0 Å². The molecule has 1 aliphatic rings. The summed E-state index contributed by atoms with van der Waals surface area (Å²) in [6.45, 7) is 3.03. The van der Waals surface area contributed by atoms with Crippen molar-refractivity contribution in [1.82, 2.24) is 4.90 Å². The molecule has 25 heavy (non-hydrogen) atoms. The highest BCUT2D eigenvalue weighted by atomic mass is 16.2. The summed E-state index contributed by atoms with van der Waals surface area (Å²) in [6, 6.07) is 16.3. The van der Waals surface area contributed by atoms with E-state index in [0.29, 0.717) is 24.3 Å². The van der Waals surface area contributed by atoms with Crippen LogP contribution in [0.3, 0.4) is 0 Å². The van der Waals surface area contributed by atoms with E-state index in [4.69, 9.17) is 5.26 Å². The van der Waals surface area contributed by atoms with Gasteiger partial charge in [0.25, 0.3) is 0 Å². The van der Waals surface area contributed by atoms with E-state index in [2.05, 4.69) is 5.32 Å². The third-order valence-electron chi connectivity index (χ3n) is 4.05. The molecule has 0 radical (unpaired) electrons. The molecule has 0 atom stereocenters. The quantitative estimate of drug-likeness (QED) is 0.934. The molecule has 0 spiro atoms. The molecule has 1 N–H and O–H groups in total. The van der Waals surface area contributed by atoms with Gasteiger partial charge in [0.1, 0.15) is 6.54 Å². The zero-order chi connectivity index (χ0) is 17.8. The van der Waals surface area contributed by atoms with Crippen molar-refractivity contribution in [3.8, 4) is 6.07 Å². The molecular formula is C19H18N4O2. The lowest BCUT2D eigenvalue weighted by atomic mass is 10.2. The summed E-state index contributed by atoms with van der Waals surface area (Å²) in [5.74, 6) is -0.283. The van der Waals surface area contributed by atoms with Crippen molar-refractivity contribution in [2.75, 3.05) is 29.9 Å². The summed E-state index contributed by atoms with van der Waals surface area (Å²) < 4.78 is 0. The van der Waals surface area contributed by atoms with Crippen LogP contribution in [0.1, 0.15) is 11.1 Å². The van der Waals surface area contributed by atoms with E-state index in [-0.39, 0.29) is 18.5 Å². The van der Waals surface area contributed by atoms with Crippen molar-refractivity contribution in [3.63, 3.8) is 0 Å². The number of nitrogens with zero attached hydrogens (tertiary/aromatic N) is 3. The highest BCUT2D eigenvalue weighted by Crippen LogP contribution is 2.20. The molecule has 2 aromatic carbocycles. The first-order valence-corrected chi connectivity index (χ1v) is 8.00. The summed E-state index contributed by atoms with van der Waals surface area (Å²) in [6.07, 6.45) is 0. The van der Waals surface area contributed by atoms with Crippen LogP contribution in [0.2, 0.25) is 0 Å². The predicted molar refractivity (Wildman–Crippen MR) is 95.3 cm³/mol. The molecule has 6 heteroatoms. The van der Waals surface area contributed by atoms with E-state index < -0.39 is 0 Å². The molecule has 126 valence electrons. The first kappa shape index (κ1) is 16.5. The second-order valence-corrected chi connectivity index (χ2v) is 5.93. The summed E-state index contributed by atoms with van der Waals surface area (Å²) in [5.41, 5.74) is 2.98. The number of aryl methyl sites for hydroxylation is 1. The third-order valence-corrected chi connectivity index (χ3v) is 4.05. The molecule has 1 saturated heterocycles. The van der Waals surface area contributed by atoms with Crippen LogP contribution in [-0.2, 0) is 4.79 Å². The third kappa shape index (κ3) is 3.78. The van der Waals surface area contributed by atoms with Gasteiger partial charge >= 0.3 is 6.03 Å². The number of nitriles is 1. The number of urea groups is 1. The fourth-order valence-electron chi connectivity index (χ4n) is 2.73. The van der Waals surface area contributed by atoms with Gasteiger partial charge in [-0.3, -0.25) is 9.69 Å². The van der Waals surface area contributed by atoms with E-state index in [1.807, 2.05) is 37.3 Å². The number of hydrogen-bond acceptors (Lipinski definition) is 3. The zero-order valence-corrected chi connectivity index (χ0v) is 13.9. The fourth-order valence-corrected chi connectivity index (χ4v) is 2.73. The lowest BCUT2D eigenvalue weighted by Gasteiger charge is -2.18. The highest BCUT2D eigenvalue weighted by molar-refractivity contribution is 5.99. The predicted octanol–water partition coefficient (Wildman–Crippen LogP) is 2.75. The Morgan fingerprint density at radius 3 is 2.68 bits per heavy atom. The second kappa shape index (κ2) is 7.05. The maximum absolute atomic E-state index is 12.5. The first-order valence-electron chi connectivity index (χ1n) is 8.00. The molecule has 1 aliphatic heterocycles. The normalized spacial score (nSPS) is 13.7. The molecule has 0 aromatic heterocycles. The van der Waals surface area contributed by atoms with E-state index in [0.717, 1.165) is 11.3 Å². The number of hydrogen-bond donors (Lipinski definition) is 1. The number of nitrogens with one attached hydrogen (secondary N) is 1. The standard InChI is InChI=1S/C19H18N4O2/c1-14-5-7-17(8-6-14)23-10-9-22(19(23)25)13-18(24)21-16-4-2-3-15(11-16)12-20/h2-8,11H,9-10,13H2,1H3,(H,21,24). The van der Waals surface area contributed by atoms with Crippen LogP contribution in [0.4, 0.5) is 16.2 Å². The van der Waals surface area contributed by atoms with Crippen molar-refractivity contribution < 1.29 is 9.59 Å². The maximum atomic E-state index is 12.5. The van der Waals surface area contributed by atoms with Gasteiger partial charge in [-0.2, -0.15) is 5.26 Å². The summed E-state index contributed by atoms with van der Waals surface area (Å²) in [5, 5.41) is 11.6. The Labute approximate surface area is 146 Å². The van der Waals surface area contributed by atoms with Crippen LogP contribution in [0.15, 0.2) is 48.5 Å². The second-order valence-electron chi connectivity index (χ2n) is 5.93. The minimum Gasteiger partial charge on any atom is -0.325 e. The Kier molecular flexibility index (Phi) is 4.66. The molecule has 0 aliphatic carbocycles. The SMILES string of the molecule is Cc1ccc(N2CCN(CC(=O)Nc3cccc(C#N)c3)C2=O)cc1. The van der Waals surface area contributed by atoms with Crippen LogP contribution in [0.5, 0.6) is 0 Å². The topological polar surface area (TPSA) is 76.4 Å². The van der Waals surface area contributed by atoms with Crippen LogP contribution in [0.25, 0.3) is 0 Å². The summed E-state index contributed by atoms with van der Waals surface area (Å²) in [4.78, 5) is 27.9. The minimum absolute atomic E-state index is 0.0159. The number of benzene rings is 2. The molecule has 6 nitrogen and oxygen atoms in total. The molecule has 3 amide bonds. The van der Waals surface area contributed by atoms with Crippen LogP contribution < -0.4 is 10.2 Å². The Bertz CT molecular complexity index is 839. The van der Waals surface area contributed by atoms with Crippen molar-refractivity contribution in [2.24, 2.45) is 0 Å². The van der Waals surface area contributed by atoms with Gasteiger partial charge in [-0.15, -0.1) is 0 Å². The molecule has 3 rings (SSSR count). The number of carbonyl (C=O) groups is 2. The lowest BCUT2D eigenvalue weighted by molar-refractivity contribution is -0.116. The molecule has 2 aromatic rings. The van der Waals surface area contributed by atoms with Gasteiger partial charge in [-0.05, 0) is 37.3 Å². The van der Waals surface area contributed by atoms with Crippen LogP contribution in [0, 0.1) is 18.3 Å². The van der Waals surface area contributed by atoms with Gasteiger partial charge in [0.15, 0.2) is 0 Å².